The lowest BCUT2D eigenvalue weighted by Gasteiger charge is -2.29. The van der Waals surface area contributed by atoms with Crippen LogP contribution in [0, 0.1) is 0 Å². The molecular weight excluding hydrogens is 265 g/mol. The van der Waals surface area contributed by atoms with Crippen molar-refractivity contribution in [1.82, 2.24) is 0 Å². The Morgan fingerprint density at radius 1 is 1.42 bits per heavy atom. The quantitative estimate of drug-likeness (QED) is 0.850. The third-order valence-corrected chi connectivity index (χ3v) is 2.51. The summed E-state index contributed by atoms with van der Waals surface area (Å²) in [5.74, 6) is -0.0605. The van der Waals surface area contributed by atoms with Gasteiger partial charge in [-0.2, -0.15) is 0 Å². The summed E-state index contributed by atoms with van der Waals surface area (Å²) >= 11 is 0. The summed E-state index contributed by atoms with van der Waals surface area (Å²) in [6, 6.07) is 4.58. The molecule has 1 heterocycles. The monoisotopic (exact) mass is 276 g/mol. The highest BCUT2D eigenvalue weighted by atomic mass is 19.4. The van der Waals surface area contributed by atoms with E-state index in [-0.39, 0.29) is 13.2 Å². The van der Waals surface area contributed by atoms with Crippen molar-refractivity contribution in [2.45, 2.75) is 6.36 Å². The zero-order valence-electron chi connectivity index (χ0n) is 9.74. The van der Waals surface area contributed by atoms with Crippen LogP contribution < -0.4 is 15.4 Å². The Morgan fingerprint density at radius 2 is 2.16 bits per heavy atom. The molecule has 2 N–H and O–H groups in total. The standard InChI is InChI=1S/C11H11F3N2O3/c12-11(13,14)19-4-3-16-8-2-1-7(15)5-9(8)18-6-10(16)17/h1-2,5H,3-4,6,15H2. The van der Waals surface area contributed by atoms with Crippen LogP contribution in [0.2, 0.25) is 0 Å². The number of alkyl halides is 3. The molecule has 0 unspecified atom stereocenters. The number of nitrogens with two attached hydrogens (primary N) is 1. The van der Waals surface area contributed by atoms with Gasteiger partial charge in [-0.05, 0) is 12.1 Å². The number of rotatable bonds is 3. The smallest absolute Gasteiger partial charge is 0.481 e. The van der Waals surface area contributed by atoms with E-state index < -0.39 is 18.9 Å². The fourth-order valence-corrected chi connectivity index (χ4v) is 1.72. The number of anilines is 2. The van der Waals surface area contributed by atoms with Gasteiger partial charge in [0, 0.05) is 18.3 Å². The third-order valence-electron chi connectivity index (χ3n) is 2.51. The van der Waals surface area contributed by atoms with E-state index in [0.29, 0.717) is 17.1 Å². The summed E-state index contributed by atoms with van der Waals surface area (Å²) in [6.07, 6.45) is -4.71. The van der Waals surface area contributed by atoms with Crippen LogP contribution in [0.5, 0.6) is 5.75 Å². The van der Waals surface area contributed by atoms with Gasteiger partial charge in [-0.15, -0.1) is 13.2 Å². The van der Waals surface area contributed by atoms with Crippen molar-refractivity contribution in [3.05, 3.63) is 18.2 Å². The van der Waals surface area contributed by atoms with Crippen molar-refractivity contribution in [2.24, 2.45) is 0 Å². The van der Waals surface area contributed by atoms with Crippen LogP contribution in [0.4, 0.5) is 24.5 Å². The molecule has 0 saturated heterocycles. The highest BCUT2D eigenvalue weighted by molar-refractivity contribution is 5.98. The number of hydrogen-bond donors (Lipinski definition) is 1. The summed E-state index contributed by atoms with van der Waals surface area (Å²) in [7, 11) is 0. The number of hydrogen-bond acceptors (Lipinski definition) is 4. The second kappa shape index (κ2) is 4.96. The Hall–Kier alpha value is -1.96. The van der Waals surface area contributed by atoms with Crippen LogP contribution in [0.1, 0.15) is 0 Å². The molecule has 104 valence electrons. The van der Waals surface area contributed by atoms with Gasteiger partial charge in [-0.3, -0.25) is 9.53 Å². The van der Waals surface area contributed by atoms with E-state index in [1.807, 2.05) is 0 Å². The third kappa shape index (κ3) is 3.28. The van der Waals surface area contributed by atoms with Gasteiger partial charge in [0.1, 0.15) is 5.75 Å². The molecule has 1 aromatic carbocycles. The predicted octanol–water partition coefficient (Wildman–Crippen LogP) is 1.53. The van der Waals surface area contributed by atoms with Gasteiger partial charge >= 0.3 is 6.36 Å². The van der Waals surface area contributed by atoms with Crippen LogP contribution in [-0.2, 0) is 9.53 Å². The average Bonchev–Trinajstić information content (AvgIpc) is 2.30. The number of carbonyl (C=O) groups excluding carboxylic acids is 1. The van der Waals surface area contributed by atoms with Gasteiger partial charge in [0.15, 0.2) is 6.61 Å². The molecule has 0 aliphatic carbocycles. The summed E-state index contributed by atoms with van der Waals surface area (Å²) in [6.45, 7) is -1.08. The minimum atomic E-state index is -4.71. The maximum atomic E-state index is 11.9. The minimum absolute atomic E-state index is 0.210. The first-order chi connectivity index (χ1) is 8.87. The first kappa shape index (κ1) is 13.5. The predicted molar refractivity (Wildman–Crippen MR) is 60.7 cm³/mol. The summed E-state index contributed by atoms with van der Waals surface area (Å²) in [4.78, 5) is 12.8. The maximum Gasteiger partial charge on any atom is 0.522 e. The van der Waals surface area contributed by atoms with Gasteiger partial charge in [0.05, 0.1) is 12.3 Å². The lowest BCUT2D eigenvalue weighted by Crippen LogP contribution is -2.41. The Kier molecular flexibility index (Phi) is 3.52. The van der Waals surface area contributed by atoms with E-state index >= 15 is 0 Å². The van der Waals surface area contributed by atoms with E-state index in [0.717, 1.165) is 0 Å². The number of amides is 1. The topological polar surface area (TPSA) is 64.8 Å². The molecule has 0 radical (unpaired) electrons. The van der Waals surface area contributed by atoms with Crippen LogP contribution in [0.25, 0.3) is 0 Å². The van der Waals surface area contributed by atoms with Crippen LogP contribution in [0.3, 0.4) is 0 Å². The largest absolute Gasteiger partial charge is 0.522 e. The maximum absolute atomic E-state index is 11.9. The first-order valence-corrected chi connectivity index (χ1v) is 5.40. The summed E-state index contributed by atoms with van der Waals surface area (Å²) in [5.41, 5.74) is 6.39. The molecule has 19 heavy (non-hydrogen) atoms. The molecule has 0 saturated carbocycles. The molecule has 5 nitrogen and oxygen atoms in total. The molecule has 1 aromatic rings. The molecular formula is C11H11F3N2O3. The van der Waals surface area contributed by atoms with Gasteiger partial charge in [0.2, 0.25) is 0 Å². The van der Waals surface area contributed by atoms with Crippen molar-refractivity contribution >= 4 is 17.3 Å². The van der Waals surface area contributed by atoms with E-state index in [9.17, 15) is 18.0 Å². The Balaban J connectivity index is 2.10. The van der Waals surface area contributed by atoms with Crippen LogP contribution in [0.15, 0.2) is 18.2 Å². The number of fused-ring (bicyclic) bond motifs is 1. The highest BCUT2D eigenvalue weighted by Gasteiger charge is 2.31. The minimum Gasteiger partial charge on any atom is -0.481 e. The van der Waals surface area contributed by atoms with Gasteiger partial charge < -0.3 is 15.4 Å². The Morgan fingerprint density at radius 3 is 2.84 bits per heavy atom. The fourth-order valence-electron chi connectivity index (χ4n) is 1.72. The summed E-state index contributed by atoms with van der Waals surface area (Å²) in [5, 5.41) is 0. The van der Waals surface area contributed by atoms with E-state index in [2.05, 4.69) is 4.74 Å². The fraction of sp³-hybridized carbons (Fsp3) is 0.364. The van der Waals surface area contributed by atoms with Crippen molar-refractivity contribution in [2.75, 3.05) is 30.4 Å². The molecule has 0 bridgehead atoms. The van der Waals surface area contributed by atoms with Crippen molar-refractivity contribution in [3.8, 4) is 5.75 Å². The number of halogens is 3. The molecule has 1 aliphatic heterocycles. The summed E-state index contributed by atoms with van der Waals surface area (Å²) < 4.78 is 44.5. The Labute approximate surface area is 106 Å². The number of nitrogens with zero attached hydrogens (tertiary/aromatic N) is 1. The van der Waals surface area contributed by atoms with E-state index in [1.54, 1.807) is 6.07 Å². The lowest BCUT2D eigenvalue weighted by molar-refractivity contribution is -0.323. The van der Waals surface area contributed by atoms with Crippen LogP contribution >= 0.6 is 0 Å². The second-order valence-electron chi connectivity index (χ2n) is 3.86. The SMILES string of the molecule is Nc1ccc2c(c1)OCC(=O)N2CCOC(F)(F)F. The highest BCUT2D eigenvalue weighted by Crippen LogP contribution is 2.33. The Bertz CT molecular complexity index is 491. The normalized spacial score (nSPS) is 15.1. The van der Waals surface area contributed by atoms with Gasteiger partial charge in [0.25, 0.3) is 5.91 Å². The molecule has 1 aliphatic rings. The zero-order valence-corrected chi connectivity index (χ0v) is 9.74. The van der Waals surface area contributed by atoms with E-state index in [4.69, 9.17) is 10.5 Å². The molecule has 0 atom stereocenters. The van der Waals surface area contributed by atoms with E-state index in [1.165, 1.54) is 17.0 Å². The lowest BCUT2D eigenvalue weighted by atomic mass is 10.2. The molecule has 0 spiro atoms. The van der Waals surface area contributed by atoms with Gasteiger partial charge in [-0.25, -0.2) is 0 Å². The molecule has 8 heteroatoms. The number of benzene rings is 1. The average molecular weight is 276 g/mol. The first-order valence-electron chi connectivity index (χ1n) is 5.40. The molecule has 0 fully saturated rings. The second-order valence-corrected chi connectivity index (χ2v) is 3.86. The molecule has 1 amide bonds. The van der Waals surface area contributed by atoms with Gasteiger partial charge in [-0.1, -0.05) is 0 Å². The molecule has 0 aromatic heterocycles. The number of ether oxygens (including phenoxy) is 2. The number of nitrogen functional groups attached to an aromatic ring is 1. The van der Waals surface area contributed by atoms with Crippen molar-refractivity contribution < 1.29 is 27.4 Å². The van der Waals surface area contributed by atoms with Crippen LogP contribution in [-0.4, -0.2) is 32.0 Å². The molecule has 2 rings (SSSR count). The van der Waals surface area contributed by atoms with Crippen molar-refractivity contribution in [1.29, 1.82) is 0 Å². The van der Waals surface area contributed by atoms with Crippen molar-refractivity contribution in [3.63, 3.8) is 0 Å². The zero-order chi connectivity index (χ0) is 14.0. The number of carbonyl (C=O) groups is 1.